The van der Waals surface area contributed by atoms with Gasteiger partial charge in [-0.2, -0.15) is 0 Å². The van der Waals surface area contributed by atoms with Crippen molar-refractivity contribution < 1.29 is 38.7 Å². The van der Waals surface area contributed by atoms with Crippen LogP contribution in [0.25, 0.3) is 0 Å². The van der Waals surface area contributed by atoms with Crippen LogP contribution in [0.1, 0.15) is 30.4 Å². The van der Waals surface area contributed by atoms with Gasteiger partial charge in [-0.1, -0.05) is 60.7 Å². The highest BCUT2D eigenvalue weighted by Gasteiger charge is 2.27. The summed E-state index contributed by atoms with van der Waals surface area (Å²) in [6.07, 6.45) is -0.472. The molecule has 0 heterocycles. The van der Waals surface area contributed by atoms with Gasteiger partial charge in [-0.05, 0) is 24.0 Å². The van der Waals surface area contributed by atoms with Crippen molar-refractivity contribution in [3.63, 3.8) is 0 Å². The largest absolute Gasteiger partial charge is 0.481 e. The standard InChI is InChI=1S/C30H39N7O8/c31-21(15-19-7-3-1-4-8-19)28(43)35-17-25(39)34-18-26(40)36-23(16-20-9-5-2-6-10-20)30(45)37-22(11-12-24(32)38)29(44)33-14-13-27(41)42/h1-10,21-23H,11-18,31H2,(H2,32,38)(H,33,44)(H,34,39)(H,35,43)(H,36,40)(H,37,45)(H,41,42)/t21-,22-,23-/m0/s1. The number of hydrogen-bond donors (Lipinski definition) is 8. The predicted octanol–water partition coefficient (Wildman–Crippen LogP) is -2.14. The Morgan fingerprint density at radius 3 is 1.80 bits per heavy atom. The van der Waals surface area contributed by atoms with Crippen molar-refractivity contribution in [1.29, 1.82) is 0 Å². The number of carbonyl (C=O) groups excluding carboxylic acids is 6. The monoisotopic (exact) mass is 625 g/mol. The molecule has 0 aliphatic heterocycles. The SMILES string of the molecule is NC(=O)CC[C@H](NC(=O)[C@H](Cc1ccccc1)NC(=O)CNC(=O)CNC(=O)[C@@H](N)Cc1ccccc1)C(=O)NCCC(=O)O. The normalized spacial score (nSPS) is 12.5. The lowest BCUT2D eigenvalue weighted by atomic mass is 10.0. The second-order valence-electron chi connectivity index (χ2n) is 10.1. The first-order chi connectivity index (χ1) is 21.4. The summed E-state index contributed by atoms with van der Waals surface area (Å²) in [5.41, 5.74) is 12.6. The van der Waals surface area contributed by atoms with Crippen molar-refractivity contribution in [2.75, 3.05) is 19.6 Å². The van der Waals surface area contributed by atoms with Gasteiger partial charge in [0.25, 0.3) is 0 Å². The van der Waals surface area contributed by atoms with Gasteiger partial charge in [0, 0.05) is 19.4 Å². The van der Waals surface area contributed by atoms with Crippen molar-refractivity contribution in [3.05, 3.63) is 71.8 Å². The minimum Gasteiger partial charge on any atom is -0.481 e. The molecule has 0 aliphatic carbocycles. The van der Waals surface area contributed by atoms with Crippen molar-refractivity contribution in [3.8, 4) is 0 Å². The number of nitrogens with one attached hydrogen (secondary N) is 5. The van der Waals surface area contributed by atoms with E-state index < -0.39 is 72.6 Å². The highest BCUT2D eigenvalue weighted by atomic mass is 16.4. The second kappa shape index (κ2) is 19.1. The zero-order chi connectivity index (χ0) is 33.2. The van der Waals surface area contributed by atoms with Crippen LogP contribution in [0.3, 0.4) is 0 Å². The van der Waals surface area contributed by atoms with E-state index in [1.165, 1.54) is 0 Å². The van der Waals surface area contributed by atoms with E-state index in [1.54, 1.807) is 30.3 Å². The third-order valence-electron chi connectivity index (χ3n) is 6.39. The molecule has 0 fully saturated rings. The van der Waals surface area contributed by atoms with Crippen molar-refractivity contribution >= 4 is 41.4 Å². The maximum atomic E-state index is 13.3. The van der Waals surface area contributed by atoms with Crippen molar-refractivity contribution in [2.24, 2.45) is 11.5 Å². The molecule has 15 heteroatoms. The maximum Gasteiger partial charge on any atom is 0.305 e. The number of carboxylic acids is 1. The topological polar surface area (TPSA) is 252 Å². The zero-order valence-electron chi connectivity index (χ0n) is 24.6. The van der Waals surface area contributed by atoms with Gasteiger partial charge in [0.1, 0.15) is 12.1 Å². The van der Waals surface area contributed by atoms with Gasteiger partial charge in [0.15, 0.2) is 0 Å². The Kier molecular flexibility index (Phi) is 15.2. The zero-order valence-corrected chi connectivity index (χ0v) is 24.6. The molecule has 6 amide bonds. The highest BCUT2D eigenvalue weighted by molar-refractivity contribution is 5.94. The fourth-order valence-corrected chi connectivity index (χ4v) is 4.05. The van der Waals surface area contributed by atoms with Gasteiger partial charge in [-0.25, -0.2) is 0 Å². The van der Waals surface area contributed by atoms with E-state index in [4.69, 9.17) is 16.6 Å². The summed E-state index contributed by atoms with van der Waals surface area (Å²) in [6.45, 7) is -1.16. The van der Waals surface area contributed by atoms with Crippen LogP contribution in [0.15, 0.2) is 60.7 Å². The summed E-state index contributed by atoms with van der Waals surface area (Å²) in [6, 6.07) is 14.5. The van der Waals surface area contributed by atoms with E-state index in [-0.39, 0.29) is 38.6 Å². The smallest absolute Gasteiger partial charge is 0.305 e. The quantitative estimate of drug-likeness (QED) is 0.0846. The Morgan fingerprint density at radius 2 is 1.22 bits per heavy atom. The number of rotatable bonds is 19. The van der Waals surface area contributed by atoms with Crippen LogP contribution in [-0.4, -0.2) is 84.3 Å². The molecule has 0 saturated heterocycles. The minimum atomic E-state index is -1.24. The first kappa shape index (κ1) is 35.9. The highest BCUT2D eigenvalue weighted by Crippen LogP contribution is 2.06. The Bertz CT molecular complexity index is 1320. The molecule has 10 N–H and O–H groups in total. The van der Waals surface area contributed by atoms with Crippen LogP contribution in [0.5, 0.6) is 0 Å². The molecule has 3 atom stereocenters. The van der Waals surface area contributed by atoms with E-state index in [0.29, 0.717) is 5.56 Å². The van der Waals surface area contributed by atoms with Crippen molar-refractivity contribution in [1.82, 2.24) is 26.6 Å². The summed E-state index contributed by atoms with van der Waals surface area (Å²) in [7, 11) is 0. The summed E-state index contributed by atoms with van der Waals surface area (Å²) in [5, 5.41) is 21.0. The number of amides is 6. The molecule has 15 nitrogen and oxygen atoms in total. The van der Waals surface area contributed by atoms with E-state index in [1.807, 2.05) is 30.3 Å². The molecule has 0 unspecified atom stereocenters. The lowest BCUT2D eigenvalue weighted by Gasteiger charge is -2.23. The fraction of sp³-hybridized carbons (Fsp3) is 0.367. The van der Waals surface area contributed by atoms with Crippen LogP contribution >= 0.6 is 0 Å². The lowest BCUT2D eigenvalue weighted by Crippen LogP contribution is -2.56. The number of benzene rings is 2. The van der Waals surface area contributed by atoms with E-state index in [9.17, 15) is 33.6 Å². The average Bonchev–Trinajstić information content (AvgIpc) is 3.01. The van der Waals surface area contributed by atoms with E-state index in [2.05, 4.69) is 26.6 Å². The molecule has 45 heavy (non-hydrogen) atoms. The van der Waals surface area contributed by atoms with Crippen LogP contribution in [-0.2, 0) is 46.4 Å². The first-order valence-corrected chi connectivity index (χ1v) is 14.2. The molecule has 2 aromatic carbocycles. The molecule has 0 saturated carbocycles. The number of primary amides is 1. The number of aliphatic carboxylic acids is 1. The van der Waals surface area contributed by atoms with E-state index in [0.717, 1.165) is 5.56 Å². The molecule has 0 spiro atoms. The summed E-state index contributed by atoms with van der Waals surface area (Å²) in [4.78, 5) is 85.3. The lowest BCUT2D eigenvalue weighted by molar-refractivity contribution is -0.137. The molecule has 0 aromatic heterocycles. The number of carboxylic acid groups (broad SMARTS) is 1. The summed E-state index contributed by atoms with van der Waals surface area (Å²) < 4.78 is 0. The molecule has 0 radical (unpaired) electrons. The molecule has 0 aliphatic rings. The number of carbonyl (C=O) groups is 7. The molecule has 0 bridgehead atoms. The van der Waals surface area contributed by atoms with Gasteiger partial charge in [-0.15, -0.1) is 0 Å². The maximum absolute atomic E-state index is 13.3. The predicted molar refractivity (Wildman–Crippen MR) is 162 cm³/mol. The van der Waals surface area contributed by atoms with Gasteiger partial charge in [0.05, 0.1) is 25.6 Å². The molecule has 2 aromatic rings. The van der Waals surface area contributed by atoms with Crippen molar-refractivity contribution in [2.45, 2.75) is 50.2 Å². The average molecular weight is 626 g/mol. The Labute approximate surface area is 259 Å². The Hall–Kier alpha value is -5.31. The third kappa shape index (κ3) is 14.6. The summed E-state index contributed by atoms with van der Waals surface area (Å²) >= 11 is 0. The van der Waals surface area contributed by atoms with Gasteiger partial charge in [-0.3, -0.25) is 33.6 Å². The first-order valence-electron chi connectivity index (χ1n) is 14.2. The molecule has 242 valence electrons. The van der Waals surface area contributed by atoms with Crippen LogP contribution in [0.2, 0.25) is 0 Å². The van der Waals surface area contributed by atoms with Gasteiger partial charge in [0.2, 0.25) is 35.4 Å². The van der Waals surface area contributed by atoms with Crippen LogP contribution in [0.4, 0.5) is 0 Å². The summed E-state index contributed by atoms with van der Waals surface area (Å²) in [5.74, 6) is -5.29. The molecular formula is C30H39N7O8. The Morgan fingerprint density at radius 1 is 0.644 bits per heavy atom. The van der Waals surface area contributed by atoms with Gasteiger partial charge >= 0.3 is 5.97 Å². The van der Waals surface area contributed by atoms with Crippen LogP contribution < -0.4 is 38.1 Å². The van der Waals surface area contributed by atoms with Crippen LogP contribution in [0, 0.1) is 0 Å². The third-order valence-corrected chi connectivity index (χ3v) is 6.39. The fourth-order valence-electron chi connectivity index (χ4n) is 4.05. The van der Waals surface area contributed by atoms with Gasteiger partial charge < -0.3 is 43.2 Å². The second-order valence-corrected chi connectivity index (χ2v) is 10.1. The Balaban J connectivity index is 1.97. The van der Waals surface area contributed by atoms with E-state index >= 15 is 0 Å². The number of nitrogens with two attached hydrogens (primary N) is 2. The molecule has 2 rings (SSSR count). The number of hydrogen-bond acceptors (Lipinski definition) is 8. The minimum absolute atomic E-state index is 0.0187. The molecular weight excluding hydrogens is 586 g/mol.